The maximum atomic E-state index is 13.0. The minimum absolute atomic E-state index is 0.0882. The zero-order valence-electron chi connectivity index (χ0n) is 28.8. The summed E-state index contributed by atoms with van der Waals surface area (Å²) in [5.74, 6) is 0.397. The van der Waals surface area contributed by atoms with E-state index in [2.05, 4.69) is 21.3 Å². The quantitative estimate of drug-likeness (QED) is 0.134. The molecule has 1 aliphatic heterocycles. The lowest BCUT2D eigenvalue weighted by molar-refractivity contribution is -0.126. The van der Waals surface area contributed by atoms with Gasteiger partial charge >= 0.3 is 0 Å². The Bertz CT molecular complexity index is 2190. The minimum atomic E-state index is -0.851. The van der Waals surface area contributed by atoms with Crippen LogP contribution in [0.5, 0.6) is 5.88 Å². The summed E-state index contributed by atoms with van der Waals surface area (Å²) in [5, 5.41) is 13.1. The number of hydrogen-bond donors (Lipinski definition) is 4. The van der Waals surface area contributed by atoms with Gasteiger partial charge in [0.1, 0.15) is 5.65 Å². The first-order valence-corrected chi connectivity index (χ1v) is 17.4. The number of aromatic nitrogens is 3. The Labute approximate surface area is 305 Å². The maximum absolute atomic E-state index is 13.0. The van der Waals surface area contributed by atoms with Gasteiger partial charge in [0.25, 0.3) is 5.56 Å². The SMILES string of the molecule is CNC(=O)C(C)(C)NCc1cc(=O)n2ccc(-c3cccc(-c4cccc(-c5ccc(CNC[C@H]6CCC(=O)N6)c(OC)n5)c4Cl)c3Cl)cc2n1. The van der Waals surface area contributed by atoms with Gasteiger partial charge in [0.15, 0.2) is 0 Å². The highest BCUT2D eigenvalue weighted by Gasteiger charge is 2.26. The Morgan fingerprint density at radius 1 is 0.961 bits per heavy atom. The molecule has 4 heterocycles. The zero-order chi connectivity index (χ0) is 36.3. The molecule has 5 aromatic rings. The molecular weight excluding hydrogens is 689 g/mol. The molecule has 264 valence electrons. The molecule has 6 rings (SSSR count). The van der Waals surface area contributed by atoms with Crippen LogP contribution in [0.4, 0.5) is 0 Å². The van der Waals surface area contributed by atoms with Crippen molar-refractivity contribution in [2.75, 3.05) is 20.7 Å². The van der Waals surface area contributed by atoms with Gasteiger partial charge in [0.2, 0.25) is 17.7 Å². The average Bonchev–Trinajstić information content (AvgIpc) is 3.55. The van der Waals surface area contributed by atoms with Gasteiger partial charge in [-0.15, -0.1) is 0 Å². The van der Waals surface area contributed by atoms with E-state index in [1.807, 2.05) is 60.7 Å². The first kappa shape index (κ1) is 36.0. The molecule has 13 heteroatoms. The molecule has 3 aromatic heterocycles. The zero-order valence-corrected chi connectivity index (χ0v) is 30.3. The molecule has 11 nitrogen and oxygen atoms in total. The Balaban J connectivity index is 1.27. The van der Waals surface area contributed by atoms with Crippen molar-refractivity contribution in [3.05, 3.63) is 105 Å². The number of rotatable bonds is 12. The van der Waals surface area contributed by atoms with Crippen molar-refractivity contribution >= 4 is 40.7 Å². The minimum Gasteiger partial charge on any atom is -0.481 e. The number of amides is 2. The van der Waals surface area contributed by atoms with Gasteiger partial charge in [0, 0.05) is 79.2 Å². The third-order valence-electron chi connectivity index (χ3n) is 9.02. The summed E-state index contributed by atoms with van der Waals surface area (Å²) in [4.78, 5) is 46.2. The molecule has 0 aliphatic carbocycles. The van der Waals surface area contributed by atoms with Crippen molar-refractivity contribution < 1.29 is 14.3 Å². The summed E-state index contributed by atoms with van der Waals surface area (Å²) in [6, 6.07) is 20.5. The molecule has 4 N–H and O–H groups in total. The topological polar surface area (TPSA) is 139 Å². The van der Waals surface area contributed by atoms with Crippen molar-refractivity contribution in [3.63, 3.8) is 0 Å². The van der Waals surface area contributed by atoms with Crippen molar-refractivity contribution in [2.24, 2.45) is 0 Å². The van der Waals surface area contributed by atoms with E-state index in [-0.39, 0.29) is 30.0 Å². The number of ether oxygens (including phenoxy) is 1. The van der Waals surface area contributed by atoms with Crippen LogP contribution >= 0.6 is 23.2 Å². The number of methoxy groups -OCH3 is 1. The number of likely N-dealkylation sites (N-methyl/N-ethyl adjacent to an activating group) is 1. The lowest BCUT2D eigenvalue weighted by atomic mass is 9.97. The number of nitrogens with one attached hydrogen (secondary N) is 4. The van der Waals surface area contributed by atoms with Gasteiger partial charge in [-0.3, -0.25) is 24.1 Å². The predicted octanol–water partition coefficient (Wildman–Crippen LogP) is 5.39. The monoisotopic (exact) mass is 727 g/mol. The molecule has 0 saturated carbocycles. The highest BCUT2D eigenvalue weighted by Crippen LogP contribution is 2.42. The number of nitrogens with zero attached hydrogens (tertiary/aromatic N) is 3. The van der Waals surface area contributed by atoms with Crippen LogP contribution in [0.2, 0.25) is 10.0 Å². The van der Waals surface area contributed by atoms with Crippen LogP contribution in [-0.4, -0.2) is 58.5 Å². The molecule has 2 aromatic carbocycles. The summed E-state index contributed by atoms with van der Waals surface area (Å²) < 4.78 is 7.11. The number of carbonyl (C=O) groups excluding carboxylic acids is 2. The van der Waals surface area contributed by atoms with E-state index < -0.39 is 5.54 Å². The van der Waals surface area contributed by atoms with E-state index in [4.69, 9.17) is 37.9 Å². The highest BCUT2D eigenvalue weighted by molar-refractivity contribution is 6.39. The summed E-state index contributed by atoms with van der Waals surface area (Å²) in [6.07, 6.45) is 3.06. The van der Waals surface area contributed by atoms with Gasteiger partial charge in [-0.2, -0.15) is 0 Å². The summed E-state index contributed by atoms with van der Waals surface area (Å²) in [5.41, 5.74) is 5.08. The third kappa shape index (κ3) is 7.77. The van der Waals surface area contributed by atoms with E-state index in [9.17, 15) is 14.4 Å². The summed E-state index contributed by atoms with van der Waals surface area (Å²) in [7, 11) is 3.16. The van der Waals surface area contributed by atoms with Crippen LogP contribution in [0.25, 0.3) is 39.2 Å². The van der Waals surface area contributed by atoms with Gasteiger partial charge < -0.3 is 20.7 Å². The Morgan fingerprint density at radius 3 is 2.35 bits per heavy atom. The smallest absolute Gasteiger partial charge is 0.258 e. The van der Waals surface area contributed by atoms with E-state index in [0.29, 0.717) is 52.5 Å². The second-order valence-electron chi connectivity index (χ2n) is 12.9. The van der Waals surface area contributed by atoms with Crippen LogP contribution in [0.15, 0.2) is 77.7 Å². The number of benzene rings is 2. The number of fused-ring (bicyclic) bond motifs is 1. The first-order valence-electron chi connectivity index (χ1n) is 16.6. The van der Waals surface area contributed by atoms with Crippen molar-refractivity contribution in [1.82, 2.24) is 35.6 Å². The largest absolute Gasteiger partial charge is 0.481 e. The molecule has 0 spiro atoms. The Hall–Kier alpha value is -4.81. The molecule has 1 aliphatic rings. The lowest BCUT2D eigenvalue weighted by Gasteiger charge is -2.24. The molecule has 1 atom stereocenters. The molecular formula is C38H39Cl2N7O4. The van der Waals surface area contributed by atoms with Crippen LogP contribution < -0.4 is 31.6 Å². The molecule has 0 bridgehead atoms. The Morgan fingerprint density at radius 2 is 1.67 bits per heavy atom. The van der Waals surface area contributed by atoms with Gasteiger partial charge in [-0.05, 0) is 44.0 Å². The van der Waals surface area contributed by atoms with E-state index in [1.165, 1.54) is 10.5 Å². The number of hydrogen-bond acceptors (Lipinski definition) is 8. The van der Waals surface area contributed by atoms with Gasteiger partial charge in [0.05, 0.1) is 34.1 Å². The molecule has 1 fully saturated rings. The van der Waals surface area contributed by atoms with E-state index in [1.54, 1.807) is 34.2 Å². The number of pyridine rings is 2. The highest BCUT2D eigenvalue weighted by atomic mass is 35.5. The second kappa shape index (κ2) is 15.2. The standard InChI is InChI=1S/C38H39Cl2N7O4/c1-38(2,37(50)41-3)43-21-25-18-33(49)47-16-15-22(17-31(47)44-25)26-7-5-8-27(34(26)39)28-9-6-10-29(35(28)40)30-13-11-23(36(46-30)51-4)19-42-20-24-12-14-32(48)45-24/h5-11,13,15-18,24,42-43H,12,14,19-21H2,1-4H3,(H,41,50)(H,45,48)/t24-/m1/s1. The fourth-order valence-electron chi connectivity index (χ4n) is 6.16. The second-order valence-corrected chi connectivity index (χ2v) is 13.7. The van der Waals surface area contributed by atoms with Gasteiger partial charge in [-0.1, -0.05) is 65.7 Å². The molecule has 1 saturated heterocycles. The molecule has 0 radical (unpaired) electrons. The summed E-state index contributed by atoms with van der Waals surface area (Å²) in [6.45, 7) is 4.95. The summed E-state index contributed by atoms with van der Waals surface area (Å²) >= 11 is 14.2. The van der Waals surface area contributed by atoms with Gasteiger partial charge in [-0.25, -0.2) is 9.97 Å². The van der Waals surface area contributed by atoms with Crippen molar-refractivity contribution in [3.8, 4) is 39.4 Å². The molecule has 0 unspecified atom stereocenters. The molecule has 51 heavy (non-hydrogen) atoms. The third-order valence-corrected chi connectivity index (χ3v) is 9.84. The van der Waals surface area contributed by atoms with Crippen LogP contribution in [0.1, 0.15) is 37.9 Å². The predicted molar refractivity (Wildman–Crippen MR) is 200 cm³/mol. The fraction of sp³-hybridized carbons (Fsp3) is 0.289. The average molecular weight is 729 g/mol. The number of halogens is 2. The van der Waals surface area contributed by atoms with E-state index >= 15 is 0 Å². The van der Waals surface area contributed by atoms with Crippen LogP contribution in [-0.2, 0) is 22.7 Å². The fourth-order valence-corrected chi connectivity index (χ4v) is 6.82. The first-order chi connectivity index (χ1) is 24.5. The Kier molecular flexibility index (Phi) is 10.7. The number of carbonyl (C=O) groups is 2. The lowest BCUT2D eigenvalue weighted by Crippen LogP contribution is -2.51. The van der Waals surface area contributed by atoms with Crippen LogP contribution in [0.3, 0.4) is 0 Å². The normalized spacial score (nSPS) is 14.5. The molecule has 2 amide bonds. The van der Waals surface area contributed by atoms with Crippen molar-refractivity contribution in [1.29, 1.82) is 0 Å². The van der Waals surface area contributed by atoms with Crippen molar-refractivity contribution in [2.45, 2.75) is 51.4 Å². The van der Waals surface area contributed by atoms with Crippen LogP contribution in [0, 0.1) is 0 Å². The van der Waals surface area contributed by atoms with E-state index in [0.717, 1.165) is 39.8 Å². The maximum Gasteiger partial charge on any atom is 0.258 e.